The molecule has 1 aromatic rings. The number of nitro benzene ring substituents is 1. The number of non-ortho nitro benzene ring substituents is 1. The lowest BCUT2D eigenvalue weighted by Crippen LogP contribution is -2.45. The van der Waals surface area contributed by atoms with Crippen molar-refractivity contribution < 1.29 is 14.8 Å². The minimum Gasteiger partial charge on any atom is -0.496 e. The van der Waals surface area contributed by atoms with E-state index in [9.17, 15) is 15.2 Å². The molecule has 21 heavy (non-hydrogen) atoms. The highest BCUT2D eigenvalue weighted by Gasteiger charge is 2.34. The van der Waals surface area contributed by atoms with Crippen LogP contribution in [0, 0.1) is 16.0 Å². The molecule has 1 aliphatic rings. The second kappa shape index (κ2) is 6.30. The quantitative estimate of drug-likeness (QED) is 0.644. The van der Waals surface area contributed by atoms with Crippen LogP contribution in [0.3, 0.4) is 0 Å². The zero-order chi connectivity index (χ0) is 15.5. The summed E-state index contributed by atoms with van der Waals surface area (Å²) in [6.07, 6.45) is 3.91. The second-order valence-corrected chi connectivity index (χ2v) is 5.94. The second-order valence-electron chi connectivity index (χ2n) is 5.94. The van der Waals surface area contributed by atoms with E-state index in [2.05, 4.69) is 12.2 Å². The summed E-state index contributed by atoms with van der Waals surface area (Å²) in [5.74, 6) is 0.961. The summed E-state index contributed by atoms with van der Waals surface area (Å²) < 4.78 is 5.12. The Morgan fingerprint density at radius 3 is 2.86 bits per heavy atom. The van der Waals surface area contributed by atoms with E-state index >= 15 is 0 Å². The maximum absolute atomic E-state index is 11.0. The molecule has 116 valence electrons. The SMILES string of the molecule is COc1cc(NC2(CO)CCCC(C)C2)cc([N+](=O)[O-])c1. The number of ether oxygens (including phenoxy) is 1. The highest BCUT2D eigenvalue weighted by atomic mass is 16.6. The largest absolute Gasteiger partial charge is 0.496 e. The van der Waals surface area contributed by atoms with Gasteiger partial charge in [-0.25, -0.2) is 0 Å². The summed E-state index contributed by atoms with van der Waals surface area (Å²) in [6.45, 7) is 2.18. The molecular weight excluding hydrogens is 272 g/mol. The van der Waals surface area contributed by atoms with Crippen LogP contribution in [0.1, 0.15) is 32.6 Å². The number of anilines is 1. The first kappa shape index (κ1) is 15.6. The van der Waals surface area contributed by atoms with Crippen molar-refractivity contribution in [1.82, 2.24) is 0 Å². The van der Waals surface area contributed by atoms with E-state index < -0.39 is 10.5 Å². The monoisotopic (exact) mass is 294 g/mol. The summed E-state index contributed by atoms with van der Waals surface area (Å²) in [6, 6.07) is 4.60. The lowest BCUT2D eigenvalue weighted by molar-refractivity contribution is -0.384. The Morgan fingerprint density at radius 1 is 1.52 bits per heavy atom. The van der Waals surface area contributed by atoms with E-state index in [0.717, 1.165) is 25.7 Å². The summed E-state index contributed by atoms with van der Waals surface area (Å²) in [5.41, 5.74) is 0.191. The molecule has 0 spiro atoms. The van der Waals surface area contributed by atoms with Gasteiger partial charge in [0, 0.05) is 17.8 Å². The molecule has 0 saturated heterocycles. The first-order valence-electron chi connectivity index (χ1n) is 7.20. The molecule has 1 aliphatic carbocycles. The Kier molecular flexibility index (Phi) is 4.67. The van der Waals surface area contributed by atoms with Gasteiger partial charge in [-0.15, -0.1) is 0 Å². The molecule has 0 aliphatic heterocycles. The van der Waals surface area contributed by atoms with Gasteiger partial charge in [-0.1, -0.05) is 19.8 Å². The maximum atomic E-state index is 11.0. The number of benzene rings is 1. The van der Waals surface area contributed by atoms with Crippen molar-refractivity contribution in [1.29, 1.82) is 0 Å². The number of aliphatic hydroxyl groups is 1. The Bertz CT molecular complexity index is 520. The molecular formula is C15H22N2O4. The fourth-order valence-corrected chi connectivity index (χ4v) is 3.14. The number of hydrogen-bond donors (Lipinski definition) is 2. The molecule has 2 rings (SSSR count). The van der Waals surface area contributed by atoms with E-state index in [1.165, 1.54) is 19.2 Å². The molecule has 0 heterocycles. The number of nitrogens with one attached hydrogen (secondary N) is 1. The van der Waals surface area contributed by atoms with E-state index in [0.29, 0.717) is 17.4 Å². The molecule has 0 radical (unpaired) electrons. The molecule has 1 fully saturated rings. The van der Waals surface area contributed by atoms with Crippen molar-refractivity contribution in [3.8, 4) is 5.75 Å². The van der Waals surface area contributed by atoms with Crippen LogP contribution in [-0.2, 0) is 0 Å². The van der Waals surface area contributed by atoms with E-state index in [-0.39, 0.29) is 12.3 Å². The highest BCUT2D eigenvalue weighted by molar-refractivity contribution is 5.57. The molecule has 6 heteroatoms. The van der Waals surface area contributed by atoms with Gasteiger partial charge < -0.3 is 15.2 Å². The number of rotatable bonds is 5. The summed E-state index contributed by atoms with van der Waals surface area (Å²) in [7, 11) is 1.48. The molecule has 2 unspecified atom stereocenters. The van der Waals surface area contributed by atoms with Crippen molar-refractivity contribution in [3.63, 3.8) is 0 Å². The van der Waals surface area contributed by atoms with Gasteiger partial charge in [0.1, 0.15) is 5.75 Å². The number of nitrogens with zero attached hydrogens (tertiary/aromatic N) is 1. The van der Waals surface area contributed by atoms with Crippen LogP contribution in [-0.4, -0.2) is 29.3 Å². The van der Waals surface area contributed by atoms with Crippen molar-refractivity contribution in [2.24, 2.45) is 5.92 Å². The molecule has 2 N–H and O–H groups in total. The number of hydrogen-bond acceptors (Lipinski definition) is 5. The molecule has 1 aromatic carbocycles. The van der Waals surface area contributed by atoms with Crippen LogP contribution in [0.25, 0.3) is 0 Å². The smallest absolute Gasteiger partial charge is 0.275 e. The Morgan fingerprint density at radius 2 is 2.29 bits per heavy atom. The van der Waals surface area contributed by atoms with Crippen LogP contribution >= 0.6 is 0 Å². The maximum Gasteiger partial charge on any atom is 0.275 e. The molecule has 0 bridgehead atoms. The number of aliphatic hydroxyl groups excluding tert-OH is 1. The van der Waals surface area contributed by atoms with Crippen molar-refractivity contribution in [2.75, 3.05) is 19.0 Å². The van der Waals surface area contributed by atoms with Gasteiger partial charge in [0.05, 0.1) is 30.2 Å². The number of nitro groups is 1. The fraction of sp³-hybridized carbons (Fsp3) is 0.600. The molecule has 0 aromatic heterocycles. The standard InChI is InChI=1S/C15H22N2O4/c1-11-4-3-5-15(9-11,10-18)16-12-6-13(17(19)20)8-14(7-12)21-2/h6-8,11,16,18H,3-5,9-10H2,1-2H3. The predicted octanol–water partition coefficient (Wildman–Crippen LogP) is 2.96. The van der Waals surface area contributed by atoms with Crippen LogP contribution in [0.15, 0.2) is 18.2 Å². The lowest BCUT2D eigenvalue weighted by atomic mass is 9.76. The molecule has 0 amide bonds. The predicted molar refractivity (Wildman–Crippen MR) is 80.7 cm³/mol. The molecule has 1 saturated carbocycles. The third-order valence-corrected chi connectivity index (χ3v) is 4.14. The average molecular weight is 294 g/mol. The zero-order valence-corrected chi connectivity index (χ0v) is 12.5. The van der Waals surface area contributed by atoms with Gasteiger partial charge >= 0.3 is 0 Å². The molecule has 2 atom stereocenters. The summed E-state index contributed by atoms with van der Waals surface area (Å²) >= 11 is 0. The van der Waals surface area contributed by atoms with E-state index in [1.807, 2.05) is 0 Å². The van der Waals surface area contributed by atoms with E-state index in [4.69, 9.17) is 4.74 Å². The number of methoxy groups -OCH3 is 1. The van der Waals surface area contributed by atoms with Crippen LogP contribution in [0.4, 0.5) is 11.4 Å². The summed E-state index contributed by atoms with van der Waals surface area (Å²) in [5, 5.41) is 24.1. The summed E-state index contributed by atoms with van der Waals surface area (Å²) in [4.78, 5) is 10.5. The van der Waals surface area contributed by atoms with Crippen LogP contribution in [0.5, 0.6) is 5.75 Å². The van der Waals surface area contributed by atoms with Crippen LogP contribution < -0.4 is 10.1 Å². The van der Waals surface area contributed by atoms with E-state index in [1.54, 1.807) is 6.07 Å². The van der Waals surface area contributed by atoms with Gasteiger partial charge in [0.2, 0.25) is 0 Å². The fourth-order valence-electron chi connectivity index (χ4n) is 3.14. The van der Waals surface area contributed by atoms with Gasteiger partial charge in [0.25, 0.3) is 5.69 Å². The van der Waals surface area contributed by atoms with Crippen LogP contribution in [0.2, 0.25) is 0 Å². The van der Waals surface area contributed by atoms with Gasteiger partial charge in [-0.05, 0) is 18.8 Å². The lowest BCUT2D eigenvalue weighted by Gasteiger charge is -2.40. The topological polar surface area (TPSA) is 84.6 Å². The molecule has 6 nitrogen and oxygen atoms in total. The Balaban J connectivity index is 2.28. The third kappa shape index (κ3) is 3.64. The Labute approximate surface area is 124 Å². The van der Waals surface area contributed by atoms with Gasteiger partial charge in [-0.3, -0.25) is 10.1 Å². The highest BCUT2D eigenvalue weighted by Crippen LogP contribution is 2.36. The van der Waals surface area contributed by atoms with Gasteiger partial charge in [-0.2, -0.15) is 0 Å². The third-order valence-electron chi connectivity index (χ3n) is 4.14. The first-order chi connectivity index (χ1) is 9.98. The average Bonchev–Trinajstić information content (AvgIpc) is 2.46. The minimum absolute atomic E-state index is 0.0162. The zero-order valence-electron chi connectivity index (χ0n) is 12.5. The normalized spacial score (nSPS) is 25.4. The first-order valence-corrected chi connectivity index (χ1v) is 7.20. The van der Waals surface area contributed by atoms with Crippen molar-refractivity contribution in [3.05, 3.63) is 28.3 Å². The van der Waals surface area contributed by atoms with Crippen molar-refractivity contribution >= 4 is 11.4 Å². The van der Waals surface area contributed by atoms with Crippen molar-refractivity contribution in [2.45, 2.75) is 38.1 Å². The van der Waals surface area contributed by atoms with Gasteiger partial charge in [0.15, 0.2) is 0 Å². The Hall–Kier alpha value is -1.82. The minimum atomic E-state index is -0.442.